The second-order valence-corrected chi connectivity index (χ2v) is 6.80. The van der Waals surface area contributed by atoms with Gasteiger partial charge in [-0.1, -0.05) is 0 Å². The highest BCUT2D eigenvalue weighted by Crippen LogP contribution is 2.33. The minimum Gasteiger partial charge on any atom is -0.458 e. The molecule has 3 heterocycles. The summed E-state index contributed by atoms with van der Waals surface area (Å²) in [6.45, 7) is 1.40. The average molecular weight is 406 g/mol. The molecular weight excluding hydrogens is 390 g/mol. The van der Waals surface area contributed by atoms with Crippen LogP contribution in [-0.4, -0.2) is 46.8 Å². The molecule has 0 spiro atoms. The first-order valence-electron chi connectivity index (χ1n) is 8.02. The molecule has 0 N–H and O–H groups in total. The van der Waals surface area contributed by atoms with Crippen LogP contribution in [0.15, 0.2) is 35.1 Å². The van der Waals surface area contributed by atoms with Gasteiger partial charge in [0.05, 0.1) is 11.0 Å². The predicted molar refractivity (Wildman–Crippen MR) is 91.9 cm³/mol. The number of carbonyl (C=O) groups excluding carboxylic acids is 1. The molecular formula is C17H16BrN3O4. The summed E-state index contributed by atoms with van der Waals surface area (Å²) in [6, 6.07) is 5.58. The maximum atomic E-state index is 12.8. The van der Waals surface area contributed by atoms with Gasteiger partial charge in [-0.25, -0.2) is 9.97 Å². The highest BCUT2D eigenvalue weighted by Gasteiger charge is 2.27. The number of halogens is 1. The van der Waals surface area contributed by atoms with Crippen molar-refractivity contribution in [1.82, 2.24) is 14.9 Å². The third-order valence-electron chi connectivity index (χ3n) is 4.15. The van der Waals surface area contributed by atoms with Gasteiger partial charge in [0.2, 0.25) is 6.79 Å². The first kappa shape index (κ1) is 16.1. The van der Waals surface area contributed by atoms with Crippen LogP contribution in [0.4, 0.5) is 0 Å². The van der Waals surface area contributed by atoms with Crippen LogP contribution in [0.25, 0.3) is 0 Å². The number of piperidine rings is 1. The molecule has 0 bridgehead atoms. The Morgan fingerprint density at radius 2 is 2.04 bits per heavy atom. The highest BCUT2D eigenvalue weighted by atomic mass is 79.9. The number of carbonyl (C=O) groups is 1. The Balaban J connectivity index is 1.43. The van der Waals surface area contributed by atoms with Crippen molar-refractivity contribution in [3.8, 4) is 17.5 Å². The van der Waals surface area contributed by atoms with Crippen molar-refractivity contribution in [2.45, 2.75) is 18.9 Å². The number of rotatable bonds is 3. The highest BCUT2D eigenvalue weighted by molar-refractivity contribution is 9.10. The molecule has 1 atom stereocenters. The fraction of sp³-hybridized carbons (Fsp3) is 0.353. The third kappa shape index (κ3) is 3.53. The molecule has 1 aromatic carbocycles. The molecule has 130 valence electrons. The van der Waals surface area contributed by atoms with Gasteiger partial charge in [-0.05, 0) is 47.0 Å². The largest absolute Gasteiger partial charge is 0.458 e. The van der Waals surface area contributed by atoms with Crippen molar-refractivity contribution < 1.29 is 19.0 Å². The van der Waals surface area contributed by atoms with Crippen LogP contribution in [0.5, 0.6) is 17.5 Å². The van der Waals surface area contributed by atoms with E-state index in [1.165, 1.54) is 0 Å². The molecule has 25 heavy (non-hydrogen) atoms. The Morgan fingerprint density at radius 3 is 2.88 bits per heavy atom. The number of nitrogens with zero attached hydrogens (tertiary/aromatic N) is 3. The van der Waals surface area contributed by atoms with E-state index in [2.05, 4.69) is 25.9 Å². The zero-order valence-electron chi connectivity index (χ0n) is 13.4. The van der Waals surface area contributed by atoms with Crippen LogP contribution in [-0.2, 0) is 0 Å². The molecule has 1 fully saturated rings. The van der Waals surface area contributed by atoms with Crippen LogP contribution in [0.2, 0.25) is 0 Å². The molecule has 2 aliphatic rings. The summed E-state index contributed by atoms with van der Waals surface area (Å²) in [5.41, 5.74) is 0.588. The Bertz CT molecular complexity index is 784. The van der Waals surface area contributed by atoms with E-state index >= 15 is 0 Å². The van der Waals surface area contributed by atoms with Gasteiger partial charge in [0.15, 0.2) is 11.5 Å². The minimum absolute atomic E-state index is 0.0386. The molecule has 1 unspecified atom stereocenters. The lowest BCUT2D eigenvalue weighted by atomic mass is 10.1. The molecule has 0 radical (unpaired) electrons. The first-order valence-corrected chi connectivity index (χ1v) is 8.81. The summed E-state index contributed by atoms with van der Waals surface area (Å²) in [5.74, 6) is 1.24. The summed E-state index contributed by atoms with van der Waals surface area (Å²) >= 11 is 3.29. The molecule has 0 aliphatic carbocycles. The summed E-state index contributed by atoms with van der Waals surface area (Å²) in [4.78, 5) is 22.8. The number of hydrogen-bond donors (Lipinski definition) is 0. The molecule has 1 aromatic heterocycles. The summed E-state index contributed by atoms with van der Waals surface area (Å²) in [5, 5.41) is 0. The van der Waals surface area contributed by atoms with Crippen molar-refractivity contribution in [3.63, 3.8) is 0 Å². The summed E-state index contributed by atoms with van der Waals surface area (Å²) in [6.07, 6.45) is 4.90. The third-order valence-corrected chi connectivity index (χ3v) is 4.56. The van der Waals surface area contributed by atoms with Crippen molar-refractivity contribution in [3.05, 3.63) is 40.6 Å². The molecule has 2 aromatic rings. The van der Waals surface area contributed by atoms with Crippen LogP contribution in [0, 0.1) is 0 Å². The standard InChI is InChI=1S/C17H16BrN3O4/c18-12-7-19-17(20-8-12)25-13-2-1-5-21(9-13)16(22)11-3-4-14-15(6-11)24-10-23-14/h3-4,6-8,13H,1-2,5,9-10H2. The molecule has 0 saturated carbocycles. The maximum absolute atomic E-state index is 12.8. The van der Waals surface area contributed by atoms with Gasteiger partial charge in [0.1, 0.15) is 6.10 Å². The summed E-state index contributed by atoms with van der Waals surface area (Å²) < 4.78 is 17.2. The number of amides is 1. The molecule has 8 heteroatoms. The monoisotopic (exact) mass is 405 g/mol. The molecule has 1 amide bonds. The van der Waals surface area contributed by atoms with E-state index in [1.807, 2.05) is 0 Å². The zero-order valence-corrected chi connectivity index (χ0v) is 14.9. The zero-order chi connectivity index (χ0) is 17.2. The van der Waals surface area contributed by atoms with E-state index < -0.39 is 0 Å². The molecule has 1 saturated heterocycles. The predicted octanol–water partition coefficient (Wildman–Crippen LogP) is 2.65. The van der Waals surface area contributed by atoms with Gasteiger partial charge < -0.3 is 19.1 Å². The Kier molecular flexibility index (Phi) is 4.44. The number of aromatic nitrogens is 2. The normalized spacial score (nSPS) is 18.9. The topological polar surface area (TPSA) is 73.8 Å². The van der Waals surface area contributed by atoms with E-state index in [0.29, 0.717) is 36.2 Å². The molecule has 7 nitrogen and oxygen atoms in total. The van der Waals surface area contributed by atoms with Crippen molar-refractivity contribution in [1.29, 1.82) is 0 Å². The smallest absolute Gasteiger partial charge is 0.316 e. The van der Waals surface area contributed by atoms with Crippen molar-refractivity contribution in [2.24, 2.45) is 0 Å². The van der Waals surface area contributed by atoms with E-state index in [1.54, 1.807) is 35.5 Å². The molecule has 2 aliphatic heterocycles. The van der Waals surface area contributed by atoms with Gasteiger partial charge in [-0.3, -0.25) is 4.79 Å². The lowest BCUT2D eigenvalue weighted by Gasteiger charge is -2.32. The Hall–Kier alpha value is -2.35. The number of hydrogen-bond acceptors (Lipinski definition) is 6. The maximum Gasteiger partial charge on any atom is 0.316 e. The van der Waals surface area contributed by atoms with Gasteiger partial charge in [-0.15, -0.1) is 0 Å². The van der Waals surface area contributed by atoms with Crippen LogP contribution >= 0.6 is 15.9 Å². The lowest BCUT2D eigenvalue weighted by Crippen LogP contribution is -2.44. The number of benzene rings is 1. The van der Waals surface area contributed by atoms with E-state index in [0.717, 1.165) is 17.3 Å². The fourth-order valence-corrected chi connectivity index (χ4v) is 3.15. The number of likely N-dealkylation sites (tertiary alicyclic amines) is 1. The van der Waals surface area contributed by atoms with Gasteiger partial charge in [-0.2, -0.15) is 0 Å². The second-order valence-electron chi connectivity index (χ2n) is 5.89. The quantitative estimate of drug-likeness (QED) is 0.781. The summed E-state index contributed by atoms with van der Waals surface area (Å²) in [7, 11) is 0. The van der Waals surface area contributed by atoms with E-state index in [4.69, 9.17) is 14.2 Å². The van der Waals surface area contributed by atoms with Gasteiger partial charge in [0.25, 0.3) is 5.91 Å². The Labute approximate surface area is 153 Å². The van der Waals surface area contributed by atoms with Gasteiger partial charge in [0, 0.05) is 24.5 Å². The minimum atomic E-state index is -0.118. The molecule has 4 rings (SSSR count). The number of fused-ring (bicyclic) bond motifs is 1. The Morgan fingerprint density at radius 1 is 1.24 bits per heavy atom. The second kappa shape index (κ2) is 6.87. The number of ether oxygens (including phenoxy) is 3. The van der Waals surface area contributed by atoms with Crippen LogP contribution < -0.4 is 14.2 Å². The van der Waals surface area contributed by atoms with Crippen molar-refractivity contribution in [2.75, 3.05) is 19.9 Å². The van der Waals surface area contributed by atoms with Crippen LogP contribution in [0.1, 0.15) is 23.2 Å². The SMILES string of the molecule is O=C(c1ccc2c(c1)OCO2)N1CCCC(Oc2ncc(Br)cn2)C1. The van der Waals surface area contributed by atoms with E-state index in [-0.39, 0.29) is 18.8 Å². The van der Waals surface area contributed by atoms with E-state index in [9.17, 15) is 4.79 Å². The lowest BCUT2D eigenvalue weighted by molar-refractivity contribution is 0.0515. The fourth-order valence-electron chi connectivity index (χ4n) is 2.94. The van der Waals surface area contributed by atoms with Crippen molar-refractivity contribution >= 4 is 21.8 Å². The van der Waals surface area contributed by atoms with Crippen LogP contribution in [0.3, 0.4) is 0 Å². The first-order chi connectivity index (χ1) is 12.2. The average Bonchev–Trinajstić information content (AvgIpc) is 3.11. The van der Waals surface area contributed by atoms with Gasteiger partial charge >= 0.3 is 6.01 Å².